The summed E-state index contributed by atoms with van der Waals surface area (Å²) in [6.07, 6.45) is 0.991. The summed E-state index contributed by atoms with van der Waals surface area (Å²) in [6, 6.07) is -0.113. The lowest BCUT2D eigenvalue weighted by Crippen LogP contribution is -2.53. The van der Waals surface area contributed by atoms with E-state index in [4.69, 9.17) is 0 Å². The predicted molar refractivity (Wildman–Crippen MR) is 79.6 cm³/mol. The highest BCUT2D eigenvalue weighted by Crippen LogP contribution is 2.21. The van der Waals surface area contributed by atoms with Gasteiger partial charge in [-0.25, -0.2) is 0 Å². The highest BCUT2D eigenvalue weighted by atomic mass is 16.2. The van der Waals surface area contributed by atoms with E-state index >= 15 is 0 Å². The van der Waals surface area contributed by atoms with Crippen LogP contribution in [0.3, 0.4) is 0 Å². The first kappa shape index (κ1) is 14.3. The van der Waals surface area contributed by atoms with E-state index in [1.807, 2.05) is 18.9 Å². The van der Waals surface area contributed by atoms with Gasteiger partial charge in [0.25, 0.3) is 0 Å². The van der Waals surface area contributed by atoms with Gasteiger partial charge in [0.15, 0.2) is 0 Å². The zero-order valence-electron chi connectivity index (χ0n) is 13.3. The SMILES string of the molecule is CC1=C(C)CN(C(=O)C2Cn3c(C)nnc3CN2C)CC1. The maximum atomic E-state index is 12.9. The first-order valence-electron chi connectivity index (χ1n) is 7.50. The number of aromatic nitrogens is 3. The van der Waals surface area contributed by atoms with Crippen molar-refractivity contribution in [1.82, 2.24) is 24.6 Å². The van der Waals surface area contributed by atoms with Gasteiger partial charge in [-0.3, -0.25) is 9.69 Å². The topological polar surface area (TPSA) is 54.3 Å². The number of likely N-dealkylation sites (N-methyl/N-ethyl adjacent to an activating group) is 1. The van der Waals surface area contributed by atoms with Gasteiger partial charge in [0.1, 0.15) is 17.7 Å². The first-order chi connectivity index (χ1) is 9.97. The summed E-state index contributed by atoms with van der Waals surface area (Å²) in [4.78, 5) is 17.0. The third kappa shape index (κ3) is 2.48. The fourth-order valence-corrected chi connectivity index (χ4v) is 3.11. The monoisotopic (exact) mass is 289 g/mol. The molecular weight excluding hydrogens is 266 g/mol. The van der Waals surface area contributed by atoms with Crippen molar-refractivity contribution in [2.24, 2.45) is 0 Å². The average Bonchev–Trinajstić information content (AvgIpc) is 2.81. The number of hydrogen-bond donors (Lipinski definition) is 0. The highest BCUT2D eigenvalue weighted by molar-refractivity contribution is 5.82. The second-order valence-corrected chi connectivity index (χ2v) is 6.28. The predicted octanol–water partition coefficient (Wildman–Crippen LogP) is 0.969. The van der Waals surface area contributed by atoms with Crippen LogP contribution in [0, 0.1) is 6.92 Å². The van der Waals surface area contributed by atoms with Crippen LogP contribution in [0.25, 0.3) is 0 Å². The van der Waals surface area contributed by atoms with E-state index in [9.17, 15) is 4.79 Å². The number of fused-ring (bicyclic) bond motifs is 1. The number of rotatable bonds is 1. The average molecular weight is 289 g/mol. The molecule has 114 valence electrons. The quantitative estimate of drug-likeness (QED) is 0.723. The molecule has 0 saturated carbocycles. The second-order valence-electron chi connectivity index (χ2n) is 6.28. The maximum Gasteiger partial charge on any atom is 0.242 e. The molecule has 0 N–H and O–H groups in total. The Labute approximate surface area is 125 Å². The number of hydrogen-bond acceptors (Lipinski definition) is 4. The zero-order valence-corrected chi connectivity index (χ0v) is 13.3. The summed E-state index contributed by atoms with van der Waals surface area (Å²) in [6.45, 7) is 9.17. The summed E-state index contributed by atoms with van der Waals surface area (Å²) in [5, 5.41) is 8.29. The Morgan fingerprint density at radius 2 is 1.90 bits per heavy atom. The van der Waals surface area contributed by atoms with Crippen LogP contribution in [0.4, 0.5) is 0 Å². The Kier molecular flexibility index (Phi) is 3.57. The molecule has 1 amide bonds. The van der Waals surface area contributed by atoms with Gasteiger partial charge < -0.3 is 9.47 Å². The van der Waals surface area contributed by atoms with E-state index in [1.165, 1.54) is 11.1 Å². The van der Waals surface area contributed by atoms with Crippen LogP contribution in [0.5, 0.6) is 0 Å². The van der Waals surface area contributed by atoms with Gasteiger partial charge in [0, 0.05) is 13.1 Å². The largest absolute Gasteiger partial charge is 0.337 e. The van der Waals surface area contributed by atoms with Crippen molar-refractivity contribution in [3.8, 4) is 0 Å². The molecule has 2 aliphatic rings. The van der Waals surface area contributed by atoms with Crippen molar-refractivity contribution >= 4 is 5.91 Å². The Morgan fingerprint density at radius 1 is 1.14 bits per heavy atom. The number of carbonyl (C=O) groups is 1. The summed E-state index contributed by atoms with van der Waals surface area (Å²) >= 11 is 0. The minimum atomic E-state index is -0.113. The Morgan fingerprint density at radius 3 is 2.62 bits per heavy atom. The van der Waals surface area contributed by atoms with E-state index in [0.717, 1.165) is 31.2 Å². The van der Waals surface area contributed by atoms with Gasteiger partial charge in [-0.05, 0) is 34.2 Å². The third-order valence-corrected chi connectivity index (χ3v) is 4.80. The van der Waals surface area contributed by atoms with Crippen LogP contribution < -0.4 is 0 Å². The van der Waals surface area contributed by atoms with Crippen LogP contribution >= 0.6 is 0 Å². The van der Waals surface area contributed by atoms with Crippen LogP contribution in [0.15, 0.2) is 11.1 Å². The molecule has 0 saturated heterocycles. The minimum Gasteiger partial charge on any atom is -0.337 e. The molecule has 0 aliphatic carbocycles. The lowest BCUT2D eigenvalue weighted by atomic mass is 10.0. The molecule has 0 bridgehead atoms. The summed E-state index contributed by atoms with van der Waals surface area (Å²) in [5.74, 6) is 2.06. The molecule has 1 aromatic rings. The van der Waals surface area contributed by atoms with Crippen molar-refractivity contribution in [2.75, 3.05) is 20.1 Å². The molecule has 0 radical (unpaired) electrons. The lowest BCUT2D eigenvalue weighted by Gasteiger charge is -2.37. The molecule has 3 rings (SSSR count). The highest BCUT2D eigenvalue weighted by Gasteiger charge is 2.34. The molecule has 0 fully saturated rings. The van der Waals surface area contributed by atoms with Crippen LogP contribution in [-0.2, 0) is 17.9 Å². The Hall–Kier alpha value is -1.69. The van der Waals surface area contributed by atoms with E-state index in [0.29, 0.717) is 13.1 Å². The molecule has 1 unspecified atom stereocenters. The standard InChI is InChI=1S/C15H23N5O/c1-10-5-6-19(7-11(10)2)15(21)13-8-20-12(3)16-17-14(20)9-18(13)4/h13H,5-9H2,1-4H3. The number of aryl methyl sites for hydroxylation is 1. The molecule has 1 atom stereocenters. The smallest absolute Gasteiger partial charge is 0.242 e. The van der Waals surface area contributed by atoms with Crippen LogP contribution in [0.1, 0.15) is 31.9 Å². The van der Waals surface area contributed by atoms with Crippen molar-refractivity contribution in [3.63, 3.8) is 0 Å². The molecular formula is C15H23N5O. The summed E-state index contributed by atoms with van der Waals surface area (Å²) < 4.78 is 2.07. The molecule has 1 aromatic heterocycles. The van der Waals surface area contributed by atoms with Crippen molar-refractivity contribution in [2.45, 2.75) is 46.3 Å². The molecule has 2 aliphatic heterocycles. The molecule has 6 heteroatoms. The van der Waals surface area contributed by atoms with Crippen molar-refractivity contribution < 1.29 is 4.79 Å². The van der Waals surface area contributed by atoms with Gasteiger partial charge in [-0.1, -0.05) is 11.1 Å². The summed E-state index contributed by atoms with van der Waals surface area (Å²) in [7, 11) is 1.99. The normalized spacial score (nSPS) is 23.4. The maximum absolute atomic E-state index is 12.9. The lowest BCUT2D eigenvalue weighted by molar-refractivity contribution is -0.137. The van der Waals surface area contributed by atoms with Crippen molar-refractivity contribution in [1.29, 1.82) is 0 Å². The molecule has 0 spiro atoms. The Bertz CT molecular complexity index is 603. The first-order valence-corrected chi connectivity index (χ1v) is 7.50. The van der Waals surface area contributed by atoms with Crippen LogP contribution in [0.2, 0.25) is 0 Å². The van der Waals surface area contributed by atoms with E-state index in [1.54, 1.807) is 0 Å². The Balaban J connectivity index is 1.78. The summed E-state index contributed by atoms with van der Waals surface area (Å²) in [5.41, 5.74) is 2.75. The molecule has 0 aromatic carbocycles. The van der Waals surface area contributed by atoms with E-state index in [-0.39, 0.29) is 11.9 Å². The van der Waals surface area contributed by atoms with Gasteiger partial charge in [0.2, 0.25) is 5.91 Å². The van der Waals surface area contributed by atoms with Gasteiger partial charge >= 0.3 is 0 Å². The van der Waals surface area contributed by atoms with Crippen LogP contribution in [-0.4, -0.2) is 56.7 Å². The van der Waals surface area contributed by atoms with E-state index < -0.39 is 0 Å². The fraction of sp³-hybridized carbons (Fsp3) is 0.667. The van der Waals surface area contributed by atoms with Gasteiger partial charge in [-0.15, -0.1) is 10.2 Å². The fourth-order valence-electron chi connectivity index (χ4n) is 3.11. The molecule has 3 heterocycles. The molecule has 21 heavy (non-hydrogen) atoms. The number of amides is 1. The van der Waals surface area contributed by atoms with E-state index in [2.05, 4.69) is 33.5 Å². The zero-order chi connectivity index (χ0) is 15.1. The second kappa shape index (κ2) is 5.26. The van der Waals surface area contributed by atoms with Crippen molar-refractivity contribution in [3.05, 3.63) is 22.8 Å². The van der Waals surface area contributed by atoms with Gasteiger partial charge in [-0.2, -0.15) is 0 Å². The molecule has 6 nitrogen and oxygen atoms in total. The van der Waals surface area contributed by atoms with Gasteiger partial charge in [0.05, 0.1) is 13.1 Å². The third-order valence-electron chi connectivity index (χ3n) is 4.80. The number of nitrogens with zero attached hydrogens (tertiary/aromatic N) is 5. The minimum absolute atomic E-state index is 0.113. The number of carbonyl (C=O) groups excluding carboxylic acids is 1.